The van der Waals surface area contributed by atoms with Crippen LogP contribution in [0.15, 0.2) is 16.3 Å². The number of sulfonamides is 1. The number of halogens is 1. The summed E-state index contributed by atoms with van der Waals surface area (Å²) in [6, 6.07) is 2.93. The zero-order chi connectivity index (χ0) is 16.0. The molecule has 22 heavy (non-hydrogen) atoms. The highest BCUT2D eigenvalue weighted by Crippen LogP contribution is 2.25. The van der Waals surface area contributed by atoms with Gasteiger partial charge in [-0.2, -0.15) is 0 Å². The van der Waals surface area contributed by atoms with Crippen LogP contribution in [-0.2, 0) is 14.8 Å². The van der Waals surface area contributed by atoms with E-state index in [9.17, 15) is 13.2 Å². The molecule has 0 aromatic carbocycles. The van der Waals surface area contributed by atoms with Crippen LogP contribution in [0.5, 0.6) is 0 Å². The van der Waals surface area contributed by atoms with Gasteiger partial charge in [-0.15, -0.1) is 11.3 Å². The molecule has 1 atom stereocenters. The second-order valence-corrected chi connectivity index (χ2v) is 8.94. The molecular formula is C13H20ClN3O3S2. The lowest BCUT2D eigenvalue weighted by Gasteiger charge is -2.22. The summed E-state index contributed by atoms with van der Waals surface area (Å²) in [6.45, 7) is 2.36. The van der Waals surface area contributed by atoms with Crippen LogP contribution in [0.4, 0.5) is 0 Å². The molecule has 1 aromatic heterocycles. The van der Waals surface area contributed by atoms with Gasteiger partial charge in [0.1, 0.15) is 4.21 Å². The molecule has 1 amide bonds. The molecule has 2 heterocycles. The van der Waals surface area contributed by atoms with E-state index in [1.165, 1.54) is 25.0 Å². The highest BCUT2D eigenvalue weighted by atomic mass is 35.5. The van der Waals surface area contributed by atoms with Crippen LogP contribution in [0.25, 0.3) is 0 Å². The van der Waals surface area contributed by atoms with Crippen molar-refractivity contribution in [3.05, 3.63) is 16.5 Å². The van der Waals surface area contributed by atoms with Gasteiger partial charge in [0.15, 0.2) is 0 Å². The van der Waals surface area contributed by atoms with Crippen molar-refractivity contribution in [1.82, 2.24) is 15.4 Å². The molecule has 0 radical (unpaired) electrons. The molecule has 1 aliphatic rings. The summed E-state index contributed by atoms with van der Waals surface area (Å²) in [5.41, 5.74) is 0. The van der Waals surface area contributed by atoms with Gasteiger partial charge in [0.2, 0.25) is 5.91 Å². The van der Waals surface area contributed by atoms with Crippen LogP contribution in [0, 0.1) is 5.92 Å². The van der Waals surface area contributed by atoms with Gasteiger partial charge in [0.25, 0.3) is 10.0 Å². The SMILES string of the molecule is O=C(CNS(=O)(=O)c1ccc(Cl)s1)NCCC1CCCNC1. The summed E-state index contributed by atoms with van der Waals surface area (Å²) in [6.07, 6.45) is 3.25. The van der Waals surface area contributed by atoms with Gasteiger partial charge < -0.3 is 10.6 Å². The Balaban J connectivity index is 1.68. The van der Waals surface area contributed by atoms with E-state index < -0.39 is 10.0 Å². The third-order valence-corrected chi connectivity index (χ3v) is 6.63. The largest absolute Gasteiger partial charge is 0.355 e. The zero-order valence-corrected chi connectivity index (χ0v) is 14.5. The minimum atomic E-state index is -3.67. The van der Waals surface area contributed by atoms with E-state index in [0.29, 0.717) is 16.8 Å². The highest BCUT2D eigenvalue weighted by molar-refractivity contribution is 7.91. The van der Waals surface area contributed by atoms with Gasteiger partial charge in [0.05, 0.1) is 10.9 Å². The predicted molar refractivity (Wildman–Crippen MR) is 87.7 cm³/mol. The number of nitrogens with one attached hydrogen (secondary N) is 3. The molecule has 1 fully saturated rings. The normalized spacial score (nSPS) is 19.0. The van der Waals surface area contributed by atoms with E-state index in [2.05, 4.69) is 15.4 Å². The second-order valence-electron chi connectivity index (χ2n) is 5.23. The number of carbonyl (C=O) groups excluding carboxylic acids is 1. The number of hydrogen-bond donors (Lipinski definition) is 3. The van der Waals surface area contributed by atoms with Gasteiger partial charge in [0, 0.05) is 6.54 Å². The van der Waals surface area contributed by atoms with Crippen molar-refractivity contribution < 1.29 is 13.2 Å². The molecule has 0 saturated carbocycles. The summed E-state index contributed by atoms with van der Waals surface area (Å²) in [5.74, 6) is 0.258. The molecule has 1 aromatic rings. The average Bonchev–Trinajstić information content (AvgIpc) is 2.94. The van der Waals surface area contributed by atoms with E-state index in [-0.39, 0.29) is 16.7 Å². The predicted octanol–water partition coefficient (Wildman–Crippen LogP) is 1.19. The molecule has 1 unspecified atom stereocenters. The smallest absolute Gasteiger partial charge is 0.250 e. The quantitative estimate of drug-likeness (QED) is 0.677. The molecule has 124 valence electrons. The van der Waals surface area contributed by atoms with Crippen molar-refractivity contribution in [2.24, 2.45) is 5.92 Å². The van der Waals surface area contributed by atoms with E-state index in [1.807, 2.05) is 0 Å². The second kappa shape index (κ2) is 8.26. The Morgan fingerprint density at radius 3 is 2.91 bits per heavy atom. The summed E-state index contributed by atoms with van der Waals surface area (Å²) in [5, 5.41) is 6.07. The fraction of sp³-hybridized carbons (Fsp3) is 0.615. The van der Waals surface area contributed by atoms with E-state index >= 15 is 0 Å². The fourth-order valence-corrected chi connectivity index (χ4v) is 4.83. The van der Waals surface area contributed by atoms with Crippen LogP contribution < -0.4 is 15.4 Å². The molecule has 3 N–H and O–H groups in total. The minimum absolute atomic E-state index is 0.110. The Labute approximate surface area is 139 Å². The Kier molecular flexibility index (Phi) is 6.64. The minimum Gasteiger partial charge on any atom is -0.355 e. The molecule has 0 aliphatic carbocycles. The zero-order valence-electron chi connectivity index (χ0n) is 12.1. The summed E-state index contributed by atoms with van der Waals surface area (Å²) >= 11 is 6.67. The first-order valence-electron chi connectivity index (χ1n) is 7.20. The van der Waals surface area contributed by atoms with Crippen molar-refractivity contribution in [3.8, 4) is 0 Å². The lowest BCUT2D eigenvalue weighted by atomic mass is 9.96. The number of piperidine rings is 1. The van der Waals surface area contributed by atoms with Crippen LogP contribution in [0.3, 0.4) is 0 Å². The number of thiophene rings is 1. The Morgan fingerprint density at radius 2 is 2.27 bits per heavy atom. The first-order chi connectivity index (χ1) is 10.5. The topological polar surface area (TPSA) is 87.3 Å². The fourth-order valence-electron chi connectivity index (χ4n) is 2.32. The lowest BCUT2D eigenvalue weighted by Crippen LogP contribution is -2.38. The van der Waals surface area contributed by atoms with Crippen molar-refractivity contribution in [3.63, 3.8) is 0 Å². The first-order valence-corrected chi connectivity index (χ1v) is 9.87. The van der Waals surface area contributed by atoms with Gasteiger partial charge in [-0.3, -0.25) is 4.79 Å². The summed E-state index contributed by atoms with van der Waals surface area (Å²) < 4.78 is 26.6. The Hall–Kier alpha value is -0.670. The number of carbonyl (C=O) groups is 1. The maximum atomic E-state index is 11.9. The Bertz CT molecular complexity index is 597. The number of rotatable bonds is 7. The standard InChI is InChI=1S/C13H20ClN3O3S2/c14-11-3-4-13(21-11)22(19,20)17-9-12(18)16-7-5-10-2-1-6-15-8-10/h3-4,10,15,17H,1-2,5-9H2,(H,16,18). The van der Waals surface area contributed by atoms with Crippen LogP contribution in [0.1, 0.15) is 19.3 Å². The maximum Gasteiger partial charge on any atom is 0.250 e. The van der Waals surface area contributed by atoms with Crippen molar-refractivity contribution in [1.29, 1.82) is 0 Å². The average molecular weight is 366 g/mol. The monoisotopic (exact) mass is 365 g/mol. The third kappa shape index (κ3) is 5.51. The van der Waals surface area contributed by atoms with Crippen molar-refractivity contribution in [2.45, 2.75) is 23.5 Å². The van der Waals surface area contributed by atoms with Crippen molar-refractivity contribution in [2.75, 3.05) is 26.2 Å². The van der Waals surface area contributed by atoms with Gasteiger partial charge in [-0.05, 0) is 50.4 Å². The molecule has 1 aliphatic heterocycles. The molecule has 9 heteroatoms. The molecule has 0 spiro atoms. The molecule has 2 rings (SSSR count). The van der Waals surface area contributed by atoms with Gasteiger partial charge in [-0.25, -0.2) is 13.1 Å². The summed E-state index contributed by atoms with van der Waals surface area (Å²) in [4.78, 5) is 11.7. The van der Waals surface area contributed by atoms with Crippen LogP contribution in [-0.4, -0.2) is 40.5 Å². The highest BCUT2D eigenvalue weighted by Gasteiger charge is 2.18. The maximum absolute atomic E-state index is 11.9. The van der Waals surface area contributed by atoms with E-state index in [1.54, 1.807) is 0 Å². The number of hydrogen-bond acceptors (Lipinski definition) is 5. The van der Waals surface area contributed by atoms with Crippen LogP contribution >= 0.6 is 22.9 Å². The molecular weight excluding hydrogens is 346 g/mol. The van der Waals surface area contributed by atoms with Crippen LogP contribution in [0.2, 0.25) is 4.34 Å². The van der Waals surface area contributed by atoms with Gasteiger partial charge in [-0.1, -0.05) is 11.6 Å². The van der Waals surface area contributed by atoms with E-state index in [4.69, 9.17) is 11.6 Å². The molecule has 1 saturated heterocycles. The third-order valence-electron chi connectivity index (χ3n) is 3.51. The lowest BCUT2D eigenvalue weighted by molar-refractivity contribution is -0.120. The molecule has 0 bridgehead atoms. The number of amides is 1. The van der Waals surface area contributed by atoms with E-state index in [0.717, 1.165) is 30.8 Å². The first kappa shape index (κ1) is 17.7. The van der Waals surface area contributed by atoms with Gasteiger partial charge >= 0.3 is 0 Å². The Morgan fingerprint density at radius 1 is 1.45 bits per heavy atom. The molecule has 6 nitrogen and oxygen atoms in total. The summed E-state index contributed by atoms with van der Waals surface area (Å²) in [7, 11) is -3.67. The van der Waals surface area contributed by atoms with Crippen molar-refractivity contribution >= 4 is 38.9 Å².